The fourth-order valence-electron chi connectivity index (χ4n) is 1.90. The molecule has 0 atom stereocenters. The lowest BCUT2D eigenvalue weighted by Crippen LogP contribution is -2.31. The molecule has 0 aliphatic rings. The molecule has 0 fully saturated rings. The van der Waals surface area contributed by atoms with E-state index in [0.29, 0.717) is 0 Å². The fourth-order valence-corrected chi connectivity index (χ4v) is 1.90. The number of hydrogen-bond donors (Lipinski definition) is 2. The molecule has 0 saturated heterocycles. The minimum atomic E-state index is -0.422. The lowest BCUT2D eigenvalue weighted by Gasteiger charge is -2.09. The predicted octanol–water partition coefficient (Wildman–Crippen LogP) is 1.53. The van der Waals surface area contributed by atoms with Gasteiger partial charge in [-0.1, -0.05) is 20.3 Å². The van der Waals surface area contributed by atoms with E-state index in [1.807, 2.05) is 19.9 Å². The number of H-pyrrole nitrogens is 1. The number of aryl methyl sites for hydroxylation is 2. The van der Waals surface area contributed by atoms with E-state index in [2.05, 4.69) is 10.3 Å². The largest absolute Gasteiger partial charge is 0.351 e. The molecule has 19 heavy (non-hydrogen) atoms. The number of nitrogens with zero attached hydrogens (tertiary/aromatic N) is 1. The molecule has 5 heteroatoms. The van der Waals surface area contributed by atoms with Crippen molar-refractivity contribution in [1.82, 2.24) is 10.3 Å². The van der Waals surface area contributed by atoms with Crippen LogP contribution in [0.25, 0.3) is 0 Å². The van der Waals surface area contributed by atoms with Gasteiger partial charge in [-0.15, -0.1) is 0 Å². The average Bonchev–Trinajstić information content (AvgIpc) is 2.39. The Bertz CT molecular complexity index is 541. The highest BCUT2D eigenvalue weighted by atomic mass is 16.2. The molecule has 1 heterocycles. The second-order valence-corrected chi connectivity index (χ2v) is 4.28. The molecule has 0 aliphatic heterocycles. The van der Waals surface area contributed by atoms with E-state index in [0.717, 1.165) is 30.5 Å². The van der Waals surface area contributed by atoms with Gasteiger partial charge in [0.1, 0.15) is 5.56 Å². The Kier molecular flexibility index (Phi) is 5.80. The molecule has 1 rings (SSSR count). The second-order valence-electron chi connectivity index (χ2n) is 4.28. The van der Waals surface area contributed by atoms with Gasteiger partial charge in [0, 0.05) is 12.2 Å². The smallest absolute Gasteiger partial charge is 0.261 e. The zero-order chi connectivity index (χ0) is 14.3. The molecule has 0 bridgehead atoms. The summed E-state index contributed by atoms with van der Waals surface area (Å²) in [4.78, 5) is 26.5. The molecule has 0 aliphatic carbocycles. The molecule has 1 aromatic rings. The molecule has 0 aromatic carbocycles. The summed E-state index contributed by atoms with van der Waals surface area (Å²) >= 11 is 0. The number of carbonyl (C=O) groups is 1. The molecule has 5 nitrogen and oxygen atoms in total. The van der Waals surface area contributed by atoms with Crippen LogP contribution in [0.3, 0.4) is 0 Å². The van der Waals surface area contributed by atoms with Crippen molar-refractivity contribution in [1.29, 1.82) is 5.26 Å². The van der Waals surface area contributed by atoms with E-state index in [1.54, 1.807) is 6.07 Å². The van der Waals surface area contributed by atoms with Crippen molar-refractivity contribution >= 4 is 5.91 Å². The Morgan fingerprint density at radius 3 is 2.79 bits per heavy atom. The topological polar surface area (TPSA) is 85.8 Å². The molecule has 0 spiro atoms. The quantitative estimate of drug-likeness (QED) is 0.761. The van der Waals surface area contributed by atoms with Gasteiger partial charge in [0.25, 0.3) is 11.5 Å². The average molecular weight is 261 g/mol. The molecular formula is C14H19N3O2. The highest BCUT2D eigenvalue weighted by Gasteiger charge is 2.13. The predicted molar refractivity (Wildman–Crippen MR) is 73.0 cm³/mol. The fraction of sp³-hybridized carbons (Fsp3) is 0.500. The number of rotatable bonds is 6. The Morgan fingerprint density at radius 2 is 2.21 bits per heavy atom. The van der Waals surface area contributed by atoms with E-state index in [4.69, 9.17) is 5.26 Å². The molecular weight excluding hydrogens is 242 g/mol. The van der Waals surface area contributed by atoms with Crippen LogP contribution in [-0.2, 0) is 12.8 Å². The third-order valence-electron chi connectivity index (χ3n) is 2.86. The van der Waals surface area contributed by atoms with Crippen molar-refractivity contribution in [3.05, 3.63) is 33.2 Å². The SMILES string of the molecule is CCCc1[nH]c(=O)c(C(=O)NCCC#N)cc1CC. The molecule has 102 valence electrons. The first-order valence-corrected chi connectivity index (χ1v) is 6.54. The monoisotopic (exact) mass is 261 g/mol. The second kappa shape index (κ2) is 7.37. The first-order chi connectivity index (χ1) is 9.13. The lowest BCUT2D eigenvalue weighted by molar-refractivity contribution is 0.0953. The Labute approximate surface area is 112 Å². The summed E-state index contributed by atoms with van der Waals surface area (Å²) in [5.41, 5.74) is 1.65. The third kappa shape index (κ3) is 3.95. The Morgan fingerprint density at radius 1 is 1.47 bits per heavy atom. The minimum absolute atomic E-state index is 0.120. The third-order valence-corrected chi connectivity index (χ3v) is 2.86. The van der Waals surface area contributed by atoms with Crippen LogP contribution in [0.2, 0.25) is 0 Å². The zero-order valence-electron chi connectivity index (χ0n) is 11.4. The number of nitriles is 1. The standard InChI is InChI=1S/C14H19N3O2/c1-3-6-12-10(4-2)9-11(14(19)17-12)13(18)16-8-5-7-15/h9H,3-6,8H2,1-2H3,(H,16,18)(H,17,19). The summed E-state index contributed by atoms with van der Waals surface area (Å²) in [5, 5.41) is 11.0. The van der Waals surface area contributed by atoms with Crippen molar-refractivity contribution in [2.75, 3.05) is 6.54 Å². The molecule has 2 N–H and O–H groups in total. The summed E-state index contributed by atoms with van der Waals surface area (Å²) in [7, 11) is 0. The molecule has 0 radical (unpaired) electrons. The van der Waals surface area contributed by atoms with Gasteiger partial charge in [0.2, 0.25) is 0 Å². The maximum Gasteiger partial charge on any atom is 0.261 e. The van der Waals surface area contributed by atoms with Crippen LogP contribution in [-0.4, -0.2) is 17.4 Å². The zero-order valence-corrected chi connectivity index (χ0v) is 11.4. The van der Waals surface area contributed by atoms with Crippen LogP contribution in [0.4, 0.5) is 0 Å². The summed E-state index contributed by atoms with van der Waals surface area (Å²) in [5.74, 6) is -0.422. The van der Waals surface area contributed by atoms with Crippen LogP contribution in [0.5, 0.6) is 0 Å². The van der Waals surface area contributed by atoms with Gasteiger partial charge in [-0.2, -0.15) is 5.26 Å². The van der Waals surface area contributed by atoms with Crippen molar-refractivity contribution in [2.24, 2.45) is 0 Å². The maximum atomic E-state index is 11.9. The maximum absolute atomic E-state index is 11.9. The number of hydrogen-bond acceptors (Lipinski definition) is 3. The van der Waals surface area contributed by atoms with Crippen LogP contribution < -0.4 is 10.9 Å². The highest BCUT2D eigenvalue weighted by Crippen LogP contribution is 2.09. The number of carbonyl (C=O) groups excluding carboxylic acids is 1. The number of pyridine rings is 1. The van der Waals surface area contributed by atoms with E-state index in [9.17, 15) is 9.59 Å². The van der Waals surface area contributed by atoms with Crippen molar-refractivity contribution < 1.29 is 4.79 Å². The normalized spacial score (nSPS) is 9.95. The van der Waals surface area contributed by atoms with Crippen molar-refractivity contribution in [3.63, 3.8) is 0 Å². The van der Waals surface area contributed by atoms with E-state index >= 15 is 0 Å². The van der Waals surface area contributed by atoms with E-state index < -0.39 is 5.91 Å². The van der Waals surface area contributed by atoms with Crippen molar-refractivity contribution in [3.8, 4) is 6.07 Å². The van der Waals surface area contributed by atoms with Crippen LogP contribution in [0, 0.1) is 11.3 Å². The van der Waals surface area contributed by atoms with Crippen LogP contribution >= 0.6 is 0 Å². The van der Waals surface area contributed by atoms with Crippen LogP contribution in [0.1, 0.15) is 48.3 Å². The van der Waals surface area contributed by atoms with Gasteiger partial charge >= 0.3 is 0 Å². The number of amides is 1. The Balaban J connectivity index is 2.99. The molecule has 1 amide bonds. The summed E-state index contributed by atoms with van der Waals surface area (Å²) < 4.78 is 0. The molecule has 0 saturated carbocycles. The van der Waals surface area contributed by atoms with E-state index in [1.165, 1.54) is 0 Å². The summed E-state index contributed by atoms with van der Waals surface area (Å²) in [6.07, 6.45) is 2.74. The first-order valence-electron chi connectivity index (χ1n) is 6.54. The number of nitrogens with one attached hydrogen (secondary N) is 2. The van der Waals surface area contributed by atoms with Gasteiger partial charge in [-0.05, 0) is 24.5 Å². The van der Waals surface area contributed by atoms with Gasteiger partial charge in [-0.3, -0.25) is 9.59 Å². The lowest BCUT2D eigenvalue weighted by atomic mass is 10.0. The van der Waals surface area contributed by atoms with Gasteiger partial charge in [-0.25, -0.2) is 0 Å². The summed E-state index contributed by atoms with van der Waals surface area (Å²) in [6, 6.07) is 3.60. The number of aromatic amines is 1. The highest BCUT2D eigenvalue weighted by molar-refractivity contribution is 5.94. The number of aromatic nitrogens is 1. The van der Waals surface area contributed by atoms with Gasteiger partial charge in [0.05, 0.1) is 12.5 Å². The van der Waals surface area contributed by atoms with Crippen LogP contribution in [0.15, 0.2) is 10.9 Å². The van der Waals surface area contributed by atoms with E-state index in [-0.39, 0.29) is 24.1 Å². The summed E-state index contributed by atoms with van der Waals surface area (Å²) in [6.45, 7) is 4.29. The first kappa shape index (κ1) is 15.0. The molecule has 0 unspecified atom stereocenters. The van der Waals surface area contributed by atoms with Crippen molar-refractivity contribution in [2.45, 2.75) is 39.5 Å². The Hall–Kier alpha value is -2.09. The molecule has 1 aromatic heterocycles. The van der Waals surface area contributed by atoms with Gasteiger partial charge < -0.3 is 10.3 Å². The minimum Gasteiger partial charge on any atom is -0.351 e. The van der Waals surface area contributed by atoms with Gasteiger partial charge in [0.15, 0.2) is 0 Å².